The number of primary amides is 1. The van der Waals surface area contributed by atoms with E-state index in [4.69, 9.17) is 11.5 Å². The highest BCUT2D eigenvalue weighted by atomic mass is 16.1. The molecule has 0 aliphatic heterocycles. The van der Waals surface area contributed by atoms with Crippen molar-refractivity contribution in [2.24, 2.45) is 5.73 Å². The number of hydrogen-bond acceptors (Lipinski definition) is 4. The van der Waals surface area contributed by atoms with Gasteiger partial charge in [0.1, 0.15) is 5.52 Å². The third-order valence-corrected chi connectivity index (χ3v) is 2.34. The summed E-state index contributed by atoms with van der Waals surface area (Å²) in [5, 5.41) is 0. The predicted octanol–water partition coefficient (Wildman–Crippen LogP) is 0.279. The number of amides is 1. The van der Waals surface area contributed by atoms with E-state index in [1.54, 1.807) is 10.8 Å². The summed E-state index contributed by atoms with van der Waals surface area (Å²) in [4.78, 5) is 19.0. The molecule has 0 aliphatic carbocycles. The number of nitrogens with zero attached hydrogens (tertiary/aromatic N) is 3. The maximum Gasteiger partial charge on any atom is 0.217 e. The molecule has 16 heavy (non-hydrogen) atoms. The molecule has 0 unspecified atom stereocenters. The molecule has 6 nitrogen and oxygen atoms in total. The van der Waals surface area contributed by atoms with Gasteiger partial charge in [0.25, 0.3) is 0 Å². The number of pyridine rings is 1. The van der Waals surface area contributed by atoms with Gasteiger partial charge in [0.2, 0.25) is 11.9 Å². The molecule has 0 bridgehead atoms. The van der Waals surface area contributed by atoms with Crippen molar-refractivity contribution in [2.45, 2.75) is 19.4 Å². The zero-order valence-electron chi connectivity index (χ0n) is 8.76. The minimum atomic E-state index is -0.309. The molecule has 6 heteroatoms. The summed E-state index contributed by atoms with van der Waals surface area (Å²) in [5.41, 5.74) is 12.3. The normalized spacial score (nSPS) is 10.8. The summed E-state index contributed by atoms with van der Waals surface area (Å²) < 4.78 is 1.79. The Kier molecular flexibility index (Phi) is 2.72. The van der Waals surface area contributed by atoms with Gasteiger partial charge in [-0.3, -0.25) is 9.36 Å². The van der Waals surface area contributed by atoms with Gasteiger partial charge in [-0.25, -0.2) is 9.97 Å². The van der Waals surface area contributed by atoms with Crippen molar-refractivity contribution in [3.05, 3.63) is 18.3 Å². The summed E-state index contributed by atoms with van der Waals surface area (Å²) in [6.07, 6.45) is 2.67. The van der Waals surface area contributed by atoms with Crippen LogP contribution in [0.25, 0.3) is 11.2 Å². The standard InChI is InChI=1S/C10H13N5O/c11-8(16)4-2-6-15-9-7(14-10(15)12)3-1-5-13-9/h1,3,5H,2,4,6H2,(H2,11,16)(H2,12,14). The maximum absolute atomic E-state index is 10.6. The lowest BCUT2D eigenvalue weighted by molar-refractivity contribution is -0.118. The van der Waals surface area contributed by atoms with Crippen molar-refractivity contribution in [3.63, 3.8) is 0 Å². The van der Waals surface area contributed by atoms with Crippen molar-refractivity contribution in [1.82, 2.24) is 14.5 Å². The first-order chi connectivity index (χ1) is 7.68. The van der Waals surface area contributed by atoms with Crippen LogP contribution in [0.1, 0.15) is 12.8 Å². The number of carbonyl (C=O) groups is 1. The molecule has 0 saturated carbocycles. The van der Waals surface area contributed by atoms with Gasteiger partial charge in [-0.2, -0.15) is 0 Å². The zero-order valence-corrected chi connectivity index (χ0v) is 8.76. The van der Waals surface area contributed by atoms with Gasteiger partial charge in [0.05, 0.1) is 0 Å². The highest BCUT2D eigenvalue weighted by Gasteiger charge is 2.08. The van der Waals surface area contributed by atoms with Crippen LogP contribution in [0.5, 0.6) is 0 Å². The lowest BCUT2D eigenvalue weighted by atomic mass is 10.3. The Bertz CT molecular complexity index is 519. The van der Waals surface area contributed by atoms with Crippen LogP contribution in [0.4, 0.5) is 5.95 Å². The fourth-order valence-electron chi connectivity index (χ4n) is 1.61. The van der Waals surface area contributed by atoms with E-state index in [0.29, 0.717) is 25.3 Å². The number of fused-ring (bicyclic) bond motifs is 1. The second kappa shape index (κ2) is 4.18. The van der Waals surface area contributed by atoms with E-state index in [1.165, 1.54) is 0 Å². The lowest BCUT2D eigenvalue weighted by Crippen LogP contribution is -2.12. The second-order valence-electron chi connectivity index (χ2n) is 3.54. The molecule has 2 rings (SSSR count). The number of anilines is 1. The number of aryl methyl sites for hydroxylation is 1. The van der Waals surface area contributed by atoms with Crippen LogP contribution in [-0.2, 0) is 11.3 Å². The number of rotatable bonds is 4. The van der Waals surface area contributed by atoms with Gasteiger partial charge in [0.15, 0.2) is 5.65 Å². The molecule has 1 amide bonds. The third kappa shape index (κ3) is 1.95. The smallest absolute Gasteiger partial charge is 0.217 e. The average Bonchev–Trinajstić information content (AvgIpc) is 2.55. The Hall–Kier alpha value is -2.11. The van der Waals surface area contributed by atoms with E-state index < -0.39 is 0 Å². The summed E-state index contributed by atoms with van der Waals surface area (Å²) >= 11 is 0. The SMILES string of the molecule is NC(=O)CCCn1c(N)nc2cccnc21. The topological polar surface area (TPSA) is 99.8 Å². The Morgan fingerprint density at radius 1 is 1.50 bits per heavy atom. The van der Waals surface area contributed by atoms with Crippen molar-refractivity contribution >= 4 is 23.0 Å². The molecule has 0 saturated heterocycles. The molecule has 0 spiro atoms. The van der Waals surface area contributed by atoms with E-state index in [0.717, 1.165) is 11.2 Å². The second-order valence-corrected chi connectivity index (χ2v) is 3.54. The Morgan fingerprint density at radius 3 is 3.06 bits per heavy atom. The van der Waals surface area contributed by atoms with Gasteiger partial charge < -0.3 is 11.5 Å². The van der Waals surface area contributed by atoms with Gasteiger partial charge in [-0.15, -0.1) is 0 Å². The number of hydrogen-bond donors (Lipinski definition) is 2. The van der Waals surface area contributed by atoms with Crippen LogP contribution in [-0.4, -0.2) is 20.4 Å². The number of imidazole rings is 1. The predicted molar refractivity (Wildman–Crippen MR) is 60.4 cm³/mol. The fraction of sp³-hybridized carbons (Fsp3) is 0.300. The highest BCUT2D eigenvalue weighted by molar-refractivity contribution is 5.74. The molecule has 84 valence electrons. The van der Waals surface area contributed by atoms with Crippen molar-refractivity contribution < 1.29 is 4.79 Å². The molecule has 0 atom stereocenters. The van der Waals surface area contributed by atoms with E-state index in [9.17, 15) is 4.79 Å². The van der Waals surface area contributed by atoms with Crippen LogP contribution in [0.3, 0.4) is 0 Å². The van der Waals surface area contributed by atoms with Crippen LogP contribution >= 0.6 is 0 Å². The van der Waals surface area contributed by atoms with Crippen LogP contribution in [0, 0.1) is 0 Å². The van der Waals surface area contributed by atoms with Gasteiger partial charge in [0, 0.05) is 19.2 Å². The zero-order chi connectivity index (χ0) is 11.5. The molecule has 4 N–H and O–H groups in total. The Balaban J connectivity index is 2.22. The fourth-order valence-corrected chi connectivity index (χ4v) is 1.61. The summed E-state index contributed by atoms with van der Waals surface area (Å²) in [6.45, 7) is 0.599. The van der Waals surface area contributed by atoms with Crippen molar-refractivity contribution in [1.29, 1.82) is 0 Å². The molecule has 0 aliphatic rings. The molecular weight excluding hydrogens is 206 g/mol. The third-order valence-electron chi connectivity index (χ3n) is 2.34. The molecular formula is C10H13N5O. The number of nitrogen functional groups attached to an aromatic ring is 1. The lowest BCUT2D eigenvalue weighted by Gasteiger charge is -2.03. The van der Waals surface area contributed by atoms with Crippen molar-refractivity contribution in [2.75, 3.05) is 5.73 Å². The van der Waals surface area contributed by atoms with E-state index >= 15 is 0 Å². The van der Waals surface area contributed by atoms with Crippen LogP contribution < -0.4 is 11.5 Å². The molecule has 0 aromatic carbocycles. The minimum Gasteiger partial charge on any atom is -0.370 e. The Morgan fingerprint density at radius 2 is 2.31 bits per heavy atom. The molecule has 0 radical (unpaired) electrons. The van der Waals surface area contributed by atoms with Crippen LogP contribution in [0.15, 0.2) is 18.3 Å². The van der Waals surface area contributed by atoms with Gasteiger partial charge in [-0.1, -0.05) is 0 Å². The number of carbonyl (C=O) groups excluding carboxylic acids is 1. The van der Waals surface area contributed by atoms with Crippen LogP contribution in [0.2, 0.25) is 0 Å². The first kappa shape index (κ1) is 10.4. The molecule has 0 fully saturated rings. The summed E-state index contributed by atoms with van der Waals surface area (Å²) in [5.74, 6) is 0.106. The first-order valence-electron chi connectivity index (χ1n) is 5.03. The average molecular weight is 219 g/mol. The summed E-state index contributed by atoms with van der Waals surface area (Å²) in [7, 11) is 0. The van der Waals surface area contributed by atoms with E-state index in [2.05, 4.69) is 9.97 Å². The van der Waals surface area contributed by atoms with Crippen molar-refractivity contribution in [3.8, 4) is 0 Å². The highest BCUT2D eigenvalue weighted by Crippen LogP contribution is 2.15. The first-order valence-corrected chi connectivity index (χ1v) is 5.03. The number of aromatic nitrogens is 3. The Labute approximate surface area is 92.3 Å². The minimum absolute atomic E-state index is 0.309. The van der Waals surface area contributed by atoms with E-state index in [-0.39, 0.29) is 5.91 Å². The monoisotopic (exact) mass is 219 g/mol. The quantitative estimate of drug-likeness (QED) is 0.771. The summed E-state index contributed by atoms with van der Waals surface area (Å²) in [6, 6.07) is 3.66. The molecule has 2 aromatic heterocycles. The molecule has 2 aromatic rings. The largest absolute Gasteiger partial charge is 0.370 e. The molecule has 2 heterocycles. The maximum atomic E-state index is 10.6. The number of nitrogens with two attached hydrogens (primary N) is 2. The van der Waals surface area contributed by atoms with Gasteiger partial charge in [-0.05, 0) is 18.6 Å². The van der Waals surface area contributed by atoms with E-state index in [1.807, 2.05) is 12.1 Å². The van der Waals surface area contributed by atoms with Gasteiger partial charge >= 0.3 is 0 Å².